The number of hydrogen-bond acceptors (Lipinski definition) is 4. The predicted octanol–water partition coefficient (Wildman–Crippen LogP) is 0.829. The first-order chi connectivity index (χ1) is 8.38. The van der Waals surface area contributed by atoms with Crippen LogP contribution in [0.25, 0.3) is 0 Å². The van der Waals surface area contributed by atoms with Gasteiger partial charge in [0.25, 0.3) is 0 Å². The first-order valence-electron chi connectivity index (χ1n) is 5.62. The molecule has 0 saturated heterocycles. The number of aliphatic carboxylic acids is 1. The lowest BCUT2D eigenvalue weighted by Gasteiger charge is -2.11. The zero-order chi connectivity index (χ0) is 13.7. The van der Waals surface area contributed by atoms with Crippen molar-refractivity contribution in [1.82, 2.24) is 4.98 Å². The number of hydrogen-bond donors (Lipinski definition) is 3. The maximum atomic E-state index is 11.7. The minimum Gasteiger partial charge on any atom is -0.481 e. The van der Waals surface area contributed by atoms with Crippen LogP contribution in [0.3, 0.4) is 0 Å². The van der Waals surface area contributed by atoms with Gasteiger partial charge in [-0.2, -0.15) is 0 Å². The number of carboxylic acids is 1. The van der Waals surface area contributed by atoms with Crippen LogP contribution in [0.5, 0.6) is 0 Å². The van der Waals surface area contributed by atoms with Gasteiger partial charge in [-0.15, -0.1) is 0 Å². The van der Waals surface area contributed by atoms with Crippen LogP contribution < -0.4 is 11.1 Å². The van der Waals surface area contributed by atoms with E-state index in [1.807, 2.05) is 19.9 Å². The fourth-order valence-corrected chi connectivity index (χ4v) is 1.53. The minimum atomic E-state index is -0.970. The van der Waals surface area contributed by atoms with Crippen LogP contribution in [0, 0.1) is 13.8 Å². The van der Waals surface area contributed by atoms with Crippen LogP contribution in [0.15, 0.2) is 12.1 Å². The highest BCUT2D eigenvalue weighted by Gasteiger charge is 2.15. The number of aromatic nitrogens is 1. The van der Waals surface area contributed by atoms with Crippen molar-refractivity contribution in [2.75, 3.05) is 5.32 Å². The van der Waals surface area contributed by atoms with E-state index >= 15 is 0 Å². The molecule has 0 fully saturated rings. The monoisotopic (exact) mass is 251 g/mol. The van der Waals surface area contributed by atoms with Crippen molar-refractivity contribution in [3.8, 4) is 0 Å². The van der Waals surface area contributed by atoms with E-state index < -0.39 is 17.9 Å². The summed E-state index contributed by atoms with van der Waals surface area (Å²) >= 11 is 0. The van der Waals surface area contributed by atoms with E-state index in [1.165, 1.54) is 0 Å². The second-order valence-electron chi connectivity index (χ2n) is 4.20. The third kappa shape index (κ3) is 4.50. The SMILES string of the molecule is Cc1cc(C)nc(NC(=O)C(N)CCC(=O)O)c1. The fraction of sp³-hybridized carbons (Fsp3) is 0.417. The van der Waals surface area contributed by atoms with Gasteiger partial charge in [-0.05, 0) is 38.0 Å². The number of carbonyl (C=O) groups is 2. The summed E-state index contributed by atoms with van der Waals surface area (Å²) in [5, 5.41) is 11.1. The van der Waals surface area contributed by atoms with E-state index in [9.17, 15) is 9.59 Å². The van der Waals surface area contributed by atoms with Gasteiger partial charge in [0.15, 0.2) is 0 Å². The fourth-order valence-electron chi connectivity index (χ4n) is 1.53. The van der Waals surface area contributed by atoms with Gasteiger partial charge in [-0.1, -0.05) is 0 Å². The second-order valence-corrected chi connectivity index (χ2v) is 4.20. The molecule has 0 radical (unpaired) electrons. The van der Waals surface area contributed by atoms with E-state index in [1.54, 1.807) is 6.07 Å². The number of carbonyl (C=O) groups excluding carboxylic acids is 1. The summed E-state index contributed by atoms with van der Waals surface area (Å²) in [6.45, 7) is 3.72. The zero-order valence-electron chi connectivity index (χ0n) is 10.4. The van der Waals surface area contributed by atoms with Crippen LogP contribution in [-0.2, 0) is 9.59 Å². The minimum absolute atomic E-state index is 0.103. The Labute approximate surface area is 105 Å². The van der Waals surface area contributed by atoms with E-state index in [4.69, 9.17) is 10.8 Å². The summed E-state index contributed by atoms with van der Waals surface area (Å²) in [5.41, 5.74) is 7.37. The molecular weight excluding hydrogens is 234 g/mol. The van der Waals surface area contributed by atoms with Crippen LogP contribution in [0.4, 0.5) is 5.82 Å². The number of nitrogens with two attached hydrogens (primary N) is 1. The number of nitrogens with one attached hydrogen (secondary N) is 1. The molecule has 98 valence electrons. The molecule has 6 nitrogen and oxygen atoms in total. The summed E-state index contributed by atoms with van der Waals surface area (Å²) in [4.78, 5) is 26.2. The first-order valence-corrected chi connectivity index (χ1v) is 5.62. The number of rotatable bonds is 5. The number of amides is 1. The molecule has 1 heterocycles. The van der Waals surface area contributed by atoms with Crippen molar-refractivity contribution in [2.45, 2.75) is 32.7 Å². The van der Waals surface area contributed by atoms with Crippen molar-refractivity contribution in [3.63, 3.8) is 0 Å². The Morgan fingerprint density at radius 3 is 2.67 bits per heavy atom. The molecule has 0 aromatic carbocycles. The highest BCUT2D eigenvalue weighted by molar-refractivity contribution is 5.94. The Bertz CT molecular complexity index is 440. The lowest BCUT2D eigenvalue weighted by Crippen LogP contribution is -2.36. The van der Waals surface area contributed by atoms with Crippen molar-refractivity contribution < 1.29 is 14.7 Å². The van der Waals surface area contributed by atoms with Gasteiger partial charge >= 0.3 is 5.97 Å². The average Bonchev–Trinajstić information content (AvgIpc) is 2.24. The predicted molar refractivity (Wildman–Crippen MR) is 67.2 cm³/mol. The lowest BCUT2D eigenvalue weighted by molar-refractivity contribution is -0.137. The smallest absolute Gasteiger partial charge is 0.303 e. The molecule has 1 atom stereocenters. The molecule has 0 spiro atoms. The van der Waals surface area contributed by atoms with Gasteiger partial charge in [0.2, 0.25) is 5.91 Å². The van der Waals surface area contributed by atoms with Gasteiger partial charge in [-0.25, -0.2) is 4.98 Å². The van der Waals surface area contributed by atoms with Crippen molar-refractivity contribution in [1.29, 1.82) is 0 Å². The molecule has 18 heavy (non-hydrogen) atoms. The Balaban J connectivity index is 2.60. The number of aryl methyl sites for hydroxylation is 2. The summed E-state index contributed by atoms with van der Waals surface area (Å²) < 4.78 is 0. The van der Waals surface area contributed by atoms with Gasteiger partial charge in [-0.3, -0.25) is 9.59 Å². The normalized spacial score (nSPS) is 11.9. The molecule has 1 aromatic rings. The molecule has 1 amide bonds. The molecule has 1 aromatic heterocycles. The first kappa shape index (κ1) is 14.1. The standard InChI is InChI=1S/C12H17N3O3/c1-7-5-8(2)14-10(6-7)15-12(18)9(13)3-4-11(16)17/h5-6,9H,3-4,13H2,1-2H3,(H,16,17)(H,14,15,18). The number of anilines is 1. The molecular formula is C12H17N3O3. The third-order valence-corrected chi connectivity index (χ3v) is 2.35. The summed E-state index contributed by atoms with van der Waals surface area (Å²) in [5.74, 6) is -0.959. The van der Waals surface area contributed by atoms with E-state index in [-0.39, 0.29) is 12.8 Å². The molecule has 1 unspecified atom stereocenters. The van der Waals surface area contributed by atoms with Crippen LogP contribution >= 0.6 is 0 Å². The maximum Gasteiger partial charge on any atom is 0.303 e. The Morgan fingerprint density at radius 1 is 1.44 bits per heavy atom. The number of nitrogens with zero attached hydrogens (tertiary/aromatic N) is 1. The highest BCUT2D eigenvalue weighted by atomic mass is 16.4. The molecule has 0 aliphatic carbocycles. The Morgan fingerprint density at radius 2 is 2.11 bits per heavy atom. The maximum absolute atomic E-state index is 11.7. The van der Waals surface area contributed by atoms with Crippen LogP contribution in [0.2, 0.25) is 0 Å². The molecule has 0 saturated carbocycles. The van der Waals surface area contributed by atoms with E-state index in [2.05, 4.69) is 10.3 Å². The molecule has 0 aliphatic rings. The number of pyridine rings is 1. The van der Waals surface area contributed by atoms with Crippen molar-refractivity contribution >= 4 is 17.7 Å². The molecule has 1 rings (SSSR count). The largest absolute Gasteiger partial charge is 0.481 e. The summed E-state index contributed by atoms with van der Waals surface area (Å²) in [6, 6.07) is 2.78. The molecule has 0 aliphatic heterocycles. The van der Waals surface area contributed by atoms with Crippen molar-refractivity contribution in [2.24, 2.45) is 5.73 Å². The third-order valence-electron chi connectivity index (χ3n) is 2.35. The topological polar surface area (TPSA) is 105 Å². The Kier molecular flexibility index (Phi) is 4.79. The Hall–Kier alpha value is -1.95. The van der Waals surface area contributed by atoms with Crippen molar-refractivity contribution in [3.05, 3.63) is 23.4 Å². The highest BCUT2D eigenvalue weighted by Crippen LogP contribution is 2.09. The second kappa shape index (κ2) is 6.11. The van der Waals surface area contributed by atoms with Crippen LogP contribution in [0.1, 0.15) is 24.1 Å². The van der Waals surface area contributed by atoms with E-state index in [0.29, 0.717) is 5.82 Å². The molecule has 6 heteroatoms. The number of carboxylic acid groups (broad SMARTS) is 1. The molecule has 4 N–H and O–H groups in total. The summed E-state index contributed by atoms with van der Waals surface area (Å²) in [6.07, 6.45) is -0.0270. The zero-order valence-corrected chi connectivity index (χ0v) is 10.4. The average molecular weight is 251 g/mol. The van der Waals surface area contributed by atoms with Gasteiger partial charge in [0.05, 0.1) is 6.04 Å². The lowest BCUT2D eigenvalue weighted by atomic mass is 10.1. The van der Waals surface area contributed by atoms with Gasteiger partial charge in [0.1, 0.15) is 5.82 Å². The van der Waals surface area contributed by atoms with Gasteiger partial charge < -0.3 is 16.2 Å². The summed E-state index contributed by atoms with van der Waals surface area (Å²) in [7, 11) is 0. The van der Waals surface area contributed by atoms with E-state index in [0.717, 1.165) is 11.3 Å². The molecule has 0 bridgehead atoms. The quantitative estimate of drug-likeness (QED) is 0.718. The van der Waals surface area contributed by atoms with Crippen LogP contribution in [-0.4, -0.2) is 28.0 Å². The van der Waals surface area contributed by atoms with Gasteiger partial charge in [0, 0.05) is 12.1 Å².